The second-order valence-electron chi connectivity index (χ2n) is 8.68. The maximum atomic E-state index is 12.9. The Labute approximate surface area is 192 Å². The SMILES string of the molecule is O=C(Nc1cccc(-c2ccccc2)c1)N1CC=C(c2ncnc3[nH]c4c(c23)CCC4)CC1. The Morgan fingerprint density at radius 1 is 0.970 bits per heavy atom. The summed E-state index contributed by atoms with van der Waals surface area (Å²) in [4.78, 5) is 27.3. The number of aryl methyl sites for hydroxylation is 2. The Morgan fingerprint density at radius 2 is 1.85 bits per heavy atom. The molecule has 0 unspecified atom stereocenters. The predicted octanol–water partition coefficient (Wildman–Crippen LogP) is 5.43. The van der Waals surface area contributed by atoms with E-state index in [1.165, 1.54) is 28.6 Å². The Balaban J connectivity index is 1.19. The van der Waals surface area contributed by atoms with Gasteiger partial charge in [-0.1, -0.05) is 48.5 Å². The van der Waals surface area contributed by atoms with Gasteiger partial charge in [-0.2, -0.15) is 0 Å². The van der Waals surface area contributed by atoms with Gasteiger partial charge in [-0.15, -0.1) is 0 Å². The van der Waals surface area contributed by atoms with E-state index in [1.54, 1.807) is 6.33 Å². The van der Waals surface area contributed by atoms with Crippen LogP contribution in [0.25, 0.3) is 27.7 Å². The van der Waals surface area contributed by atoms with Crippen LogP contribution >= 0.6 is 0 Å². The number of amides is 2. The van der Waals surface area contributed by atoms with Gasteiger partial charge >= 0.3 is 6.03 Å². The molecule has 2 aromatic carbocycles. The summed E-state index contributed by atoms with van der Waals surface area (Å²) in [5.41, 5.74) is 8.86. The van der Waals surface area contributed by atoms with Crippen LogP contribution in [0, 0.1) is 0 Å². The normalized spacial score (nSPS) is 15.4. The van der Waals surface area contributed by atoms with Gasteiger partial charge in [0, 0.05) is 29.9 Å². The number of hydrogen-bond donors (Lipinski definition) is 2. The maximum absolute atomic E-state index is 12.9. The standard InChI is InChI=1S/C27H25N5O/c33-27(30-21-9-4-8-20(16-21)18-6-2-1-3-7-18)32-14-12-19(13-15-32)25-24-22-10-5-11-23(22)31-26(24)29-17-28-25/h1-4,6-9,12,16-17H,5,10-11,13-15H2,(H,30,33)(H,28,29,31). The van der Waals surface area contributed by atoms with E-state index in [-0.39, 0.29) is 6.03 Å². The molecule has 2 amide bonds. The molecule has 4 aromatic rings. The summed E-state index contributed by atoms with van der Waals surface area (Å²) < 4.78 is 0. The zero-order chi connectivity index (χ0) is 22.2. The molecule has 33 heavy (non-hydrogen) atoms. The van der Waals surface area contributed by atoms with Crippen LogP contribution in [-0.4, -0.2) is 39.0 Å². The molecule has 6 heteroatoms. The molecule has 0 spiro atoms. The smallest absolute Gasteiger partial charge is 0.322 e. The van der Waals surface area contributed by atoms with Crippen molar-refractivity contribution in [2.45, 2.75) is 25.7 Å². The van der Waals surface area contributed by atoms with Crippen molar-refractivity contribution in [2.75, 3.05) is 18.4 Å². The molecule has 2 aromatic heterocycles. The zero-order valence-electron chi connectivity index (χ0n) is 18.3. The molecule has 0 radical (unpaired) electrons. The van der Waals surface area contributed by atoms with Crippen molar-refractivity contribution >= 4 is 28.3 Å². The molecule has 2 aliphatic rings. The van der Waals surface area contributed by atoms with Gasteiger partial charge in [0.2, 0.25) is 0 Å². The van der Waals surface area contributed by atoms with Crippen molar-refractivity contribution in [3.05, 3.63) is 84.0 Å². The fourth-order valence-corrected chi connectivity index (χ4v) is 4.99. The summed E-state index contributed by atoms with van der Waals surface area (Å²) in [6, 6.07) is 18.1. The van der Waals surface area contributed by atoms with E-state index in [2.05, 4.69) is 44.5 Å². The number of nitrogens with one attached hydrogen (secondary N) is 2. The molecule has 3 heterocycles. The summed E-state index contributed by atoms with van der Waals surface area (Å²) in [6.07, 6.45) is 7.92. The van der Waals surface area contributed by atoms with Crippen molar-refractivity contribution in [3.63, 3.8) is 0 Å². The number of fused-ring (bicyclic) bond motifs is 3. The van der Waals surface area contributed by atoms with Crippen LogP contribution < -0.4 is 5.32 Å². The van der Waals surface area contributed by atoms with Crippen molar-refractivity contribution in [1.82, 2.24) is 19.9 Å². The number of benzene rings is 2. The average molecular weight is 436 g/mol. The van der Waals surface area contributed by atoms with E-state index in [4.69, 9.17) is 0 Å². The highest BCUT2D eigenvalue weighted by Crippen LogP contribution is 2.34. The van der Waals surface area contributed by atoms with Crippen molar-refractivity contribution in [2.24, 2.45) is 0 Å². The third-order valence-corrected chi connectivity index (χ3v) is 6.66. The maximum Gasteiger partial charge on any atom is 0.322 e. The highest BCUT2D eigenvalue weighted by molar-refractivity contribution is 5.94. The van der Waals surface area contributed by atoms with Crippen molar-refractivity contribution < 1.29 is 4.79 Å². The first kappa shape index (κ1) is 19.7. The first-order valence-corrected chi connectivity index (χ1v) is 11.5. The fourth-order valence-electron chi connectivity index (χ4n) is 4.99. The average Bonchev–Trinajstić information content (AvgIpc) is 3.46. The van der Waals surface area contributed by atoms with Crippen LogP contribution in [0.5, 0.6) is 0 Å². The summed E-state index contributed by atoms with van der Waals surface area (Å²) in [6.45, 7) is 1.23. The van der Waals surface area contributed by atoms with E-state index in [0.29, 0.717) is 13.1 Å². The van der Waals surface area contributed by atoms with Gasteiger partial charge in [-0.05, 0) is 60.1 Å². The summed E-state index contributed by atoms with van der Waals surface area (Å²) in [5, 5.41) is 4.24. The number of carbonyl (C=O) groups excluding carboxylic acids is 1. The second-order valence-corrected chi connectivity index (χ2v) is 8.68. The van der Waals surface area contributed by atoms with E-state index in [9.17, 15) is 4.79 Å². The van der Waals surface area contributed by atoms with Gasteiger partial charge in [0.15, 0.2) is 0 Å². The second kappa shape index (κ2) is 8.20. The lowest BCUT2D eigenvalue weighted by Crippen LogP contribution is -2.38. The number of nitrogens with zero attached hydrogens (tertiary/aromatic N) is 3. The van der Waals surface area contributed by atoms with E-state index in [0.717, 1.165) is 47.4 Å². The largest absolute Gasteiger partial charge is 0.343 e. The van der Waals surface area contributed by atoms with Crippen LogP contribution in [0.2, 0.25) is 0 Å². The molecule has 1 aliphatic carbocycles. The molecule has 6 rings (SSSR count). The van der Waals surface area contributed by atoms with Crippen LogP contribution in [-0.2, 0) is 12.8 Å². The van der Waals surface area contributed by atoms with E-state index < -0.39 is 0 Å². The minimum absolute atomic E-state index is 0.0779. The number of carbonyl (C=O) groups is 1. The number of H-pyrrole nitrogens is 1. The molecular weight excluding hydrogens is 410 g/mol. The minimum atomic E-state index is -0.0779. The van der Waals surface area contributed by atoms with Crippen LogP contribution in [0.1, 0.15) is 29.8 Å². The minimum Gasteiger partial charge on any atom is -0.343 e. The first-order valence-electron chi connectivity index (χ1n) is 11.5. The number of anilines is 1. The molecule has 1 aliphatic heterocycles. The molecule has 0 saturated heterocycles. The highest BCUT2D eigenvalue weighted by atomic mass is 16.2. The summed E-state index contributed by atoms with van der Waals surface area (Å²) >= 11 is 0. The number of rotatable bonds is 3. The highest BCUT2D eigenvalue weighted by Gasteiger charge is 2.24. The third kappa shape index (κ3) is 3.67. The van der Waals surface area contributed by atoms with Crippen LogP contribution in [0.15, 0.2) is 67.0 Å². The van der Waals surface area contributed by atoms with Crippen LogP contribution in [0.3, 0.4) is 0 Å². The Bertz CT molecular complexity index is 1370. The summed E-state index contributed by atoms with van der Waals surface area (Å²) in [5.74, 6) is 0. The summed E-state index contributed by atoms with van der Waals surface area (Å²) in [7, 11) is 0. The lowest BCUT2D eigenvalue weighted by molar-refractivity contribution is 0.217. The monoisotopic (exact) mass is 435 g/mol. The molecule has 164 valence electrons. The molecule has 0 atom stereocenters. The van der Waals surface area contributed by atoms with Gasteiger partial charge in [0.25, 0.3) is 0 Å². The fraction of sp³-hybridized carbons (Fsp3) is 0.222. The molecular formula is C27H25N5O. The zero-order valence-corrected chi connectivity index (χ0v) is 18.3. The molecule has 0 fully saturated rings. The predicted molar refractivity (Wildman–Crippen MR) is 131 cm³/mol. The Hall–Kier alpha value is -3.93. The van der Waals surface area contributed by atoms with E-state index >= 15 is 0 Å². The molecule has 2 N–H and O–H groups in total. The molecule has 0 saturated carbocycles. The number of aromatic nitrogens is 3. The van der Waals surface area contributed by atoms with E-state index in [1.807, 2.05) is 41.3 Å². The number of hydrogen-bond acceptors (Lipinski definition) is 3. The van der Waals surface area contributed by atoms with Gasteiger partial charge in [-0.25, -0.2) is 14.8 Å². The van der Waals surface area contributed by atoms with Crippen molar-refractivity contribution in [3.8, 4) is 11.1 Å². The van der Waals surface area contributed by atoms with Crippen molar-refractivity contribution in [1.29, 1.82) is 0 Å². The van der Waals surface area contributed by atoms with Gasteiger partial charge in [0.05, 0.1) is 5.69 Å². The Morgan fingerprint density at radius 3 is 2.70 bits per heavy atom. The van der Waals surface area contributed by atoms with Gasteiger partial charge < -0.3 is 15.2 Å². The lowest BCUT2D eigenvalue weighted by atomic mass is 10.00. The van der Waals surface area contributed by atoms with Gasteiger partial charge in [0.1, 0.15) is 12.0 Å². The number of urea groups is 1. The topological polar surface area (TPSA) is 73.9 Å². The van der Waals surface area contributed by atoms with Gasteiger partial charge in [-0.3, -0.25) is 0 Å². The van der Waals surface area contributed by atoms with Crippen LogP contribution in [0.4, 0.5) is 10.5 Å². The quantitative estimate of drug-likeness (QED) is 0.450. The third-order valence-electron chi connectivity index (χ3n) is 6.66. The first-order chi connectivity index (χ1) is 16.3. The molecule has 6 nitrogen and oxygen atoms in total. The lowest BCUT2D eigenvalue weighted by Gasteiger charge is -2.27. The molecule has 0 bridgehead atoms. The Kier molecular flexibility index (Phi) is 4.91. The number of aromatic amines is 1.